The smallest absolute Gasteiger partial charge is 0.278 e. The summed E-state index contributed by atoms with van der Waals surface area (Å²) in [5.74, 6) is 1.86. The molecule has 37 heavy (non-hydrogen) atoms. The van der Waals surface area contributed by atoms with E-state index in [4.69, 9.17) is 14.5 Å². The highest BCUT2D eigenvalue weighted by Gasteiger charge is 2.19. The molecule has 2 N–H and O–H groups in total. The number of pyridine rings is 1. The van der Waals surface area contributed by atoms with Crippen LogP contribution in [0.3, 0.4) is 0 Å². The van der Waals surface area contributed by atoms with E-state index in [0.29, 0.717) is 40.1 Å². The van der Waals surface area contributed by atoms with E-state index >= 15 is 0 Å². The SMILES string of the molecule is C=CCn1c(=O)c2cnc(Nc3ccc(OCCF)cc3)nc2n1-c1cccc(OC2CCNCC2)n1. The van der Waals surface area contributed by atoms with Gasteiger partial charge in [0.15, 0.2) is 11.5 Å². The number of rotatable bonds is 10. The van der Waals surface area contributed by atoms with E-state index in [1.807, 2.05) is 12.1 Å². The van der Waals surface area contributed by atoms with Gasteiger partial charge in [-0.15, -0.1) is 6.58 Å². The molecule has 0 unspecified atom stereocenters. The van der Waals surface area contributed by atoms with Crippen LogP contribution in [-0.2, 0) is 6.54 Å². The summed E-state index contributed by atoms with van der Waals surface area (Å²) in [5.41, 5.74) is 0.864. The fourth-order valence-corrected chi connectivity index (χ4v) is 4.20. The molecule has 1 fully saturated rings. The lowest BCUT2D eigenvalue weighted by molar-refractivity contribution is 0.156. The Morgan fingerprint density at radius 3 is 2.73 bits per heavy atom. The van der Waals surface area contributed by atoms with Crippen LogP contribution in [0.1, 0.15) is 12.8 Å². The zero-order chi connectivity index (χ0) is 25.6. The van der Waals surface area contributed by atoms with Gasteiger partial charge in [-0.2, -0.15) is 9.97 Å². The summed E-state index contributed by atoms with van der Waals surface area (Å²) in [6.07, 6.45) is 5.05. The van der Waals surface area contributed by atoms with E-state index in [1.54, 1.807) is 41.1 Å². The molecule has 0 saturated carbocycles. The van der Waals surface area contributed by atoms with E-state index in [2.05, 4.69) is 27.2 Å². The number of alkyl halides is 1. The first kappa shape index (κ1) is 24.4. The number of nitrogens with one attached hydrogen (secondary N) is 2. The van der Waals surface area contributed by atoms with Crippen LogP contribution in [0.4, 0.5) is 16.0 Å². The average Bonchev–Trinajstić information content (AvgIpc) is 3.20. The number of nitrogens with zero attached hydrogens (tertiary/aromatic N) is 5. The molecule has 4 heterocycles. The highest BCUT2D eigenvalue weighted by atomic mass is 19.1. The Bertz CT molecular complexity index is 1430. The maximum absolute atomic E-state index is 13.2. The van der Waals surface area contributed by atoms with Crippen LogP contribution in [0.2, 0.25) is 0 Å². The third-order valence-electron chi connectivity index (χ3n) is 5.93. The van der Waals surface area contributed by atoms with Gasteiger partial charge in [0.25, 0.3) is 5.56 Å². The monoisotopic (exact) mass is 505 g/mol. The molecule has 0 atom stereocenters. The summed E-state index contributed by atoms with van der Waals surface area (Å²) in [4.78, 5) is 26.9. The molecule has 1 aliphatic rings. The Hall–Kier alpha value is -4.25. The third-order valence-corrected chi connectivity index (χ3v) is 5.93. The molecule has 1 aromatic carbocycles. The van der Waals surface area contributed by atoms with E-state index < -0.39 is 6.67 Å². The summed E-state index contributed by atoms with van der Waals surface area (Å²) < 4.78 is 26.9. The Morgan fingerprint density at radius 1 is 1.16 bits per heavy atom. The van der Waals surface area contributed by atoms with Gasteiger partial charge < -0.3 is 20.1 Å². The number of fused-ring (bicyclic) bond motifs is 1. The molecule has 3 aromatic heterocycles. The predicted molar refractivity (Wildman–Crippen MR) is 139 cm³/mol. The standard InChI is InChI=1S/C26H28FN7O3/c1-2-15-33-25(35)21-17-29-26(30-18-6-8-19(9-7-18)36-16-12-27)32-24(21)34(33)22-4-3-5-23(31-22)37-20-10-13-28-14-11-20/h2-9,17,20,28H,1,10-16H2,(H,29,30,32). The lowest BCUT2D eigenvalue weighted by atomic mass is 10.1. The number of anilines is 2. The van der Waals surface area contributed by atoms with Gasteiger partial charge in [0.1, 0.15) is 30.5 Å². The van der Waals surface area contributed by atoms with Crippen LogP contribution in [0.5, 0.6) is 11.6 Å². The Kier molecular flexibility index (Phi) is 7.41. The second-order valence-corrected chi connectivity index (χ2v) is 8.51. The summed E-state index contributed by atoms with van der Waals surface area (Å²) in [6.45, 7) is 5.32. The fraction of sp³-hybridized carbons (Fsp3) is 0.308. The van der Waals surface area contributed by atoms with E-state index in [1.165, 1.54) is 10.9 Å². The van der Waals surface area contributed by atoms with E-state index in [9.17, 15) is 9.18 Å². The molecule has 1 saturated heterocycles. The highest BCUT2D eigenvalue weighted by molar-refractivity contribution is 5.77. The first-order valence-corrected chi connectivity index (χ1v) is 12.2. The molecule has 0 amide bonds. The quantitative estimate of drug-likeness (QED) is 0.316. The molecule has 1 aliphatic heterocycles. The van der Waals surface area contributed by atoms with Crippen molar-refractivity contribution in [1.82, 2.24) is 29.6 Å². The first-order chi connectivity index (χ1) is 18.2. The number of aromatic nitrogens is 5. The van der Waals surface area contributed by atoms with Gasteiger partial charge >= 0.3 is 0 Å². The summed E-state index contributed by atoms with van der Waals surface area (Å²) in [6, 6.07) is 12.5. The molecular formula is C26H28FN7O3. The number of halogens is 1. The first-order valence-electron chi connectivity index (χ1n) is 12.2. The Labute approximate surface area is 212 Å². The van der Waals surface area contributed by atoms with Gasteiger partial charge in [-0.3, -0.25) is 4.79 Å². The van der Waals surface area contributed by atoms with Gasteiger partial charge in [0, 0.05) is 18.0 Å². The van der Waals surface area contributed by atoms with Crippen molar-refractivity contribution < 1.29 is 13.9 Å². The van der Waals surface area contributed by atoms with Gasteiger partial charge in [0.05, 0.1) is 6.54 Å². The molecule has 0 bridgehead atoms. The lowest BCUT2D eigenvalue weighted by Crippen LogP contribution is -2.34. The second-order valence-electron chi connectivity index (χ2n) is 8.51. The zero-order valence-electron chi connectivity index (χ0n) is 20.3. The molecule has 10 nitrogen and oxygen atoms in total. The van der Waals surface area contributed by atoms with Crippen LogP contribution in [-0.4, -0.2) is 56.8 Å². The van der Waals surface area contributed by atoms with Crippen molar-refractivity contribution in [3.8, 4) is 17.4 Å². The minimum Gasteiger partial charge on any atom is -0.491 e. The summed E-state index contributed by atoms with van der Waals surface area (Å²) in [5, 5.41) is 6.82. The Morgan fingerprint density at radius 2 is 1.97 bits per heavy atom. The van der Waals surface area contributed by atoms with Gasteiger partial charge in [-0.1, -0.05) is 12.1 Å². The number of benzene rings is 1. The van der Waals surface area contributed by atoms with Crippen molar-refractivity contribution in [2.75, 3.05) is 31.7 Å². The average molecular weight is 506 g/mol. The van der Waals surface area contributed by atoms with Crippen molar-refractivity contribution in [2.24, 2.45) is 0 Å². The molecule has 0 radical (unpaired) electrons. The number of ether oxygens (including phenoxy) is 2. The van der Waals surface area contributed by atoms with Crippen LogP contribution >= 0.6 is 0 Å². The minimum absolute atomic E-state index is 0.00389. The fourth-order valence-electron chi connectivity index (χ4n) is 4.20. The topological polar surface area (TPSA) is 108 Å². The third kappa shape index (κ3) is 5.46. The summed E-state index contributed by atoms with van der Waals surface area (Å²) >= 11 is 0. The number of allylic oxidation sites excluding steroid dienone is 1. The maximum Gasteiger partial charge on any atom is 0.278 e. The zero-order valence-corrected chi connectivity index (χ0v) is 20.3. The van der Waals surface area contributed by atoms with Crippen molar-refractivity contribution >= 4 is 22.7 Å². The van der Waals surface area contributed by atoms with Gasteiger partial charge in [0.2, 0.25) is 11.8 Å². The largest absolute Gasteiger partial charge is 0.491 e. The summed E-state index contributed by atoms with van der Waals surface area (Å²) in [7, 11) is 0. The van der Waals surface area contributed by atoms with Crippen LogP contribution in [0.25, 0.3) is 16.9 Å². The molecule has 192 valence electrons. The molecule has 4 aromatic rings. The van der Waals surface area contributed by atoms with Crippen molar-refractivity contribution in [2.45, 2.75) is 25.5 Å². The van der Waals surface area contributed by atoms with E-state index in [0.717, 1.165) is 25.9 Å². The minimum atomic E-state index is -0.553. The molecule has 5 rings (SSSR count). The van der Waals surface area contributed by atoms with Crippen LogP contribution in [0, 0.1) is 0 Å². The van der Waals surface area contributed by atoms with E-state index in [-0.39, 0.29) is 24.8 Å². The lowest BCUT2D eigenvalue weighted by Gasteiger charge is -2.23. The normalized spacial score (nSPS) is 14.0. The highest BCUT2D eigenvalue weighted by Crippen LogP contribution is 2.22. The van der Waals surface area contributed by atoms with Crippen LogP contribution in [0.15, 0.2) is 66.1 Å². The number of hydrogen-bond donors (Lipinski definition) is 2. The number of piperidine rings is 1. The predicted octanol–water partition coefficient (Wildman–Crippen LogP) is 3.39. The molecule has 11 heteroatoms. The number of hydrogen-bond acceptors (Lipinski definition) is 8. The van der Waals surface area contributed by atoms with Crippen LogP contribution < -0.4 is 25.7 Å². The second kappa shape index (κ2) is 11.2. The Balaban J connectivity index is 1.49. The molecule has 0 aliphatic carbocycles. The van der Waals surface area contributed by atoms with Crippen molar-refractivity contribution in [1.29, 1.82) is 0 Å². The van der Waals surface area contributed by atoms with Gasteiger partial charge in [-0.05, 0) is 56.3 Å². The van der Waals surface area contributed by atoms with Gasteiger partial charge in [-0.25, -0.2) is 18.7 Å². The van der Waals surface area contributed by atoms with Crippen molar-refractivity contribution in [3.05, 3.63) is 71.7 Å². The molecule has 0 spiro atoms. The maximum atomic E-state index is 13.2. The molecular weight excluding hydrogens is 477 g/mol. The van der Waals surface area contributed by atoms with Crippen molar-refractivity contribution in [3.63, 3.8) is 0 Å².